The second-order valence-corrected chi connectivity index (χ2v) is 3.92. The highest BCUT2D eigenvalue weighted by Crippen LogP contribution is 2.17. The van der Waals surface area contributed by atoms with Gasteiger partial charge in [0, 0.05) is 16.8 Å². The Morgan fingerprint density at radius 1 is 1.36 bits per heavy atom. The van der Waals surface area contributed by atoms with Crippen LogP contribution >= 0.6 is 11.9 Å². The fourth-order valence-electron chi connectivity index (χ4n) is 0.719. The van der Waals surface area contributed by atoms with Crippen LogP contribution in [0, 0.1) is 6.92 Å². The van der Waals surface area contributed by atoms with Gasteiger partial charge in [-0.25, -0.2) is 0 Å². The molecule has 0 N–H and O–H groups in total. The molecule has 11 heavy (non-hydrogen) atoms. The molecule has 0 radical (unpaired) electrons. The predicted octanol–water partition coefficient (Wildman–Crippen LogP) is 1.96. The number of pyridine rings is 1. The fraction of sp³-hybridized carbons (Fsp3) is 0.375. The first kappa shape index (κ1) is 8.56. The normalized spacial score (nSPS) is 10.5. The second-order valence-electron chi connectivity index (χ2n) is 2.54. The molecule has 1 heterocycles. The van der Waals surface area contributed by atoms with E-state index in [-0.39, 0.29) is 0 Å². The lowest BCUT2D eigenvalue weighted by Gasteiger charge is -2.07. The summed E-state index contributed by atoms with van der Waals surface area (Å²) in [7, 11) is 4.04. The standard InChI is InChI=1S/C8H12N2S/c1-7-4-5-8(6-9-7)11-10(2)3/h4-6H,1-3H3. The average Bonchev–Trinajstić information content (AvgIpc) is 1.93. The second kappa shape index (κ2) is 3.74. The van der Waals surface area contributed by atoms with Gasteiger partial charge in [0.2, 0.25) is 0 Å². The highest BCUT2D eigenvalue weighted by Gasteiger charge is 1.94. The highest BCUT2D eigenvalue weighted by atomic mass is 32.2. The molecule has 0 amide bonds. The molecule has 0 aliphatic rings. The van der Waals surface area contributed by atoms with Crippen LogP contribution in [-0.2, 0) is 0 Å². The molecular formula is C8H12N2S. The summed E-state index contributed by atoms with van der Waals surface area (Å²) in [6.07, 6.45) is 1.89. The van der Waals surface area contributed by atoms with Gasteiger partial charge in [-0.05, 0) is 45.1 Å². The Morgan fingerprint density at radius 2 is 2.09 bits per heavy atom. The lowest BCUT2D eigenvalue weighted by atomic mass is 10.4. The molecule has 1 aromatic rings. The summed E-state index contributed by atoms with van der Waals surface area (Å²) < 4.78 is 2.05. The summed E-state index contributed by atoms with van der Waals surface area (Å²) in [5.74, 6) is 0. The predicted molar refractivity (Wildman–Crippen MR) is 48.5 cm³/mol. The van der Waals surface area contributed by atoms with Crippen molar-refractivity contribution in [3.8, 4) is 0 Å². The van der Waals surface area contributed by atoms with Crippen LogP contribution in [-0.4, -0.2) is 23.4 Å². The van der Waals surface area contributed by atoms with Crippen molar-refractivity contribution in [2.24, 2.45) is 0 Å². The first-order chi connectivity index (χ1) is 5.18. The van der Waals surface area contributed by atoms with Gasteiger partial charge in [0.15, 0.2) is 0 Å². The zero-order valence-electron chi connectivity index (χ0n) is 7.03. The van der Waals surface area contributed by atoms with Crippen LogP contribution in [0.5, 0.6) is 0 Å². The van der Waals surface area contributed by atoms with E-state index in [0.29, 0.717) is 0 Å². The molecular weight excluding hydrogens is 156 g/mol. The topological polar surface area (TPSA) is 16.1 Å². The van der Waals surface area contributed by atoms with Gasteiger partial charge in [0.05, 0.1) is 0 Å². The Kier molecular flexibility index (Phi) is 2.91. The van der Waals surface area contributed by atoms with Crippen LogP contribution < -0.4 is 0 Å². The van der Waals surface area contributed by atoms with Crippen molar-refractivity contribution in [1.29, 1.82) is 0 Å². The van der Waals surface area contributed by atoms with Crippen molar-refractivity contribution in [3.05, 3.63) is 24.0 Å². The number of aryl methyl sites for hydroxylation is 1. The highest BCUT2D eigenvalue weighted by molar-refractivity contribution is 7.97. The maximum atomic E-state index is 4.18. The Hall–Kier alpha value is -0.540. The first-order valence-electron chi connectivity index (χ1n) is 3.46. The molecule has 0 unspecified atom stereocenters. The van der Waals surface area contributed by atoms with Gasteiger partial charge in [-0.1, -0.05) is 0 Å². The molecule has 0 spiro atoms. The SMILES string of the molecule is Cc1ccc(SN(C)C)cn1. The largest absolute Gasteiger partial charge is 0.260 e. The van der Waals surface area contributed by atoms with Crippen LogP contribution in [0.4, 0.5) is 0 Å². The van der Waals surface area contributed by atoms with Crippen molar-refractivity contribution in [2.45, 2.75) is 11.8 Å². The molecule has 3 heteroatoms. The van der Waals surface area contributed by atoms with Crippen molar-refractivity contribution in [3.63, 3.8) is 0 Å². The third-order valence-electron chi connectivity index (χ3n) is 1.17. The van der Waals surface area contributed by atoms with Crippen molar-refractivity contribution in [1.82, 2.24) is 9.29 Å². The smallest absolute Gasteiger partial charge is 0.0420 e. The van der Waals surface area contributed by atoms with Gasteiger partial charge in [-0.3, -0.25) is 9.29 Å². The van der Waals surface area contributed by atoms with Gasteiger partial charge in [0.25, 0.3) is 0 Å². The third kappa shape index (κ3) is 2.91. The van der Waals surface area contributed by atoms with Crippen molar-refractivity contribution < 1.29 is 0 Å². The van der Waals surface area contributed by atoms with Crippen LogP contribution in [0.15, 0.2) is 23.2 Å². The summed E-state index contributed by atoms with van der Waals surface area (Å²) in [4.78, 5) is 5.37. The van der Waals surface area contributed by atoms with Crippen LogP contribution in [0.1, 0.15) is 5.69 Å². The molecule has 0 aromatic carbocycles. The van der Waals surface area contributed by atoms with Gasteiger partial charge in [-0.2, -0.15) is 0 Å². The van der Waals surface area contributed by atoms with Gasteiger partial charge >= 0.3 is 0 Å². The van der Waals surface area contributed by atoms with E-state index in [1.54, 1.807) is 11.9 Å². The van der Waals surface area contributed by atoms with E-state index in [1.165, 1.54) is 4.90 Å². The molecule has 0 saturated carbocycles. The monoisotopic (exact) mass is 168 g/mol. The molecule has 0 aliphatic carbocycles. The Morgan fingerprint density at radius 3 is 2.55 bits per heavy atom. The molecule has 2 nitrogen and oxygen atoms in total. The number of hydrogen-bond acceptors (Lipinski definition) is 3. The van der Waals surface area contributed by atoms with Gasteiger partial charge < -0.3 is 0 Å². The average molecular weight is 168 g/mol. The first-order valence-corrected chi connectivity index (χ1v) is 4.24. The molecule has 60 valence electrons. The maximum absolute atomic E-state index is 4.18. The van der Waals surface area contributed by atoms with E-state index in [1.807, 2.05) is 37.6 Å². The number of aromatic nitrogens is 1. The fourth-order valence-corrected chi connectivity index (χ4v) is 1.37. The number of hydrogen-bond donors (Lipinski definition) is 0. The van der Waals surface area contributed by atoms with E-state index >= 15 is 0 Å². The summed E-state index contributed by atoms with van der Waals surface area (Å²) in [6.45, 7) is 1.99. The van der Waals surface area contributed by atoms with Crippen LogP contribution in [0.3, 0.4) is 0 Å². The van der Waals surface area contributed by atoms with E-state index in [2.05, 4.69) is 11.1 Å². The Labute approximate surface area is 71.8 Å². The van der Waals surface area contributed by atoms with Crippen molar-refractivity contribution in [2.75, 3.05) is 14.1 Å². The number of nitrogens with zero attached hydrogens (tertiary/aromatic N) is 2. The minimum absolute atomic E-state index is 1.06. The minimum atomic E-state index is 1.06. The maximum Gasteiger partial charge on any atom is 0.0420 e. The zero-order chi connectivity index (χ0) is 8.27. The molecule has 0 aliphatic heterocycles. The summed E-state index contributed by atoms with van der Waals surface area (Å²) in [6, 6.07) is 4.10. The molecule has 1 aromatic heterocycles. The van der Waals surface area contributed by atoms with Gasteiger partial charge in [0.1, 0.15) is 0 Å². The third-order valence-corrected chi connectivity index (χ3v) is 1.99. The molecule has 1 rings (SSSR count). The number of rotatable bonds is 2. The van der Waals surface area contributed by atoms with Gasteiger partial charge in [-0.15, -0.1) is 0 Å². The minimum Gasteiger partial charge on any atom is -0.260 e. The van der Waals surface area contributed by atoms with E-state index in [4.69, 9.17) is 0 Å². The van der Waals surface area contributed by atoms with Crippen LogP contribution in [0.2, 0.25) is 0 Å². The molecule has 0 fully saturated rings. The summed E-state index contributed by atoms with van der Waals surface area (Å²) >= 11 is 1.68. The molecule has 0 atom stereocenters. The Balaban J connectivity index is 2.66. The summed E-state index contributed by atoms with van der Waals surface area (Å²) in [5.41, 5.74) is 1.06. The molecule has 0 saturated heterocycles. The van der Waals surface area contributed by atoms with E-state index < -0.39 is 0 Å². The van der Waals surface area contributed by atoms with Crippen molar-refractivity contribution >= 4 is 11.9 Å². The molecule has 0 bridgehead atoms. The van der Waals surface area contributed by atoms with Crippen LogP contribution in [0.25, 0.3) is 0 Å². The van der Waals surface area contributed by atoms with E-state index in [9.17, 15) is 0 Å². The summed E-state index contributed by atoms with van der Waals surface area (Å²) in [5, 5.41) is 0. The van der Waals surface area contributed by atoms with E-state index in [0.717, 1.165) is 5.69 Å². The zero-order valence-corrected chi connectivity index (χ0v) is 7.85. The lowest BCUT2D eigenvalue weighted by molar-refractivity contribution is 0.702. The quantitative estimate of drug-likeness (QED) is 0.628. The lowest BCUT2D eigenvalue weighted by Crippen LogP contribution is -1.98. The Bertz CT molecular complexity index is 218.